The molecule has 0 spiro atoms. The van der Waals surface area contributed by atoms with E-state index in [1.54, 1.807) is 0 Å². The number of aryl methyl sites for hydroxylation is 4. The molecule has 2 aromatic carbocycles. The van der Waals surface area contributed by atoms with E-state index < -0.39 is 0 Å². The number of aromatic amines is 1. The molecule has 3 heterocycles. The minimum Gasteiger partial charge on any atom is -0.351 e. The lowest BCUT2D eigenvalue weighted by atomic mass is 10.0. The number of H-pyrrole nitrogens is 1. The average molecular weight is 401 g/mol. The quantitative estimate of drug-likeness (QED) is 0.501. The van der Waals surface area contributed by atoms with Crippen molar-refractivity contribution in [3.63, 3.8) is 0 Å². The molecule has 30 heavy (non-hydrogen) atoms. The van der Waals surface area contributed by atoms with Crippen LogP contribution >= 0.6 is 0 Å². The van der Waals surface area contributed by atoms with Crippen molar-refractivity contribution in [3.05, 3.63) is 64.6 Å². The number of likely N-dealkylation sites (tertiary alicyclic amines) is 1. The van der Waals surface area contributed by atoms with Crippen LogP contribution in [0.15, 0.2) is 36.4 Å². The Morgan fingerprint density at radius 1 is 1.00 bits per heavy atom. The monoisotopic (exact) mass is 400 g/mol. The molecule has 2 aromatic heterocycles. The number of rotatable bonds is 2. The van der Waals surface area contributed by atoms with E-state index in [1.807, 2.05) is 11.0 Å². The first-order valence-corrected chi connectivity index (χ1v) is 10.7. The van der Waals surface area contributed by atoms with E-state index in [2.05, 4.69) is 67.6 Å². The van der Waals surface area contributed by atoms with Gasteiger partial charge in [-0.05, 0) is 81.5 Å². The van der Waals surface area contributed by atoms with Crippen molar-refractivity contribution >= 4 is 27.8 Å². The molecule has 5 rings (SSSR count). The summed E-state index contributed by atoms with van der Waals surface area (Å²) in [5.74, 6) is 1.16. The minimum absolute atomic E-state index is 0.102. The first-order valence-electron chi connectivity index (χ1n) is 10.7. The highest BCUT2D eigenvalue weighted by Crippen LogP contribution is 2.30. The van der Waals surface area contributed by atoms with Crippen molar-refractivity contribution in [3.8, 4) is 0 Å². The van der Waals surface area contributed by atoms with Crippen LogP contribution in [0.4, 0.5) is 0 Å². The zero-order valence-corrected chi connectivity index (χ0v) is 18.1. The molecule has 0 saturated carbocycles. The zero-order valence-electron chi connectivity index (χ0n) is 18.1. The second-order valence-electron chi connectivity index (χ2n) is 8.77. The van der Waals surface area contributed by atoms with Gasteiger partial charge in [0.1, 0.15) is 11.5 Å². The number of carbonyl (C=O) groups is 1. The Balaban J connectivity index is 1.36. The number of hydrogen-bond donors (Lipinski definition) is 1. The van der Waals surface area contributed by atoms with Crippen LogP contribution in [-0.2, 0) is 0 Å². The molecule has 0 unspecified atom stereocenters. The minimum atomic E-state index is 0.102. The SMILES string of the molecule is Cc1cc(C)c2cc(C(=O)N3CCC(n4c(C)nc5ccc(C)cc54)CC3)[nH]c2c1. The lowest BCUT2D eigenvalue weighted by Gasteiger charge is -2.33. The van der Waals surface area contributed by atoms with E-state index in [9.17, 15) is 4.79 Å². The van der Waals surface area contributed by atoms with Crippen LogP contribution in [0.25, 0.3) is 21.9 Å². The fourth-order valence-corrected chi connectivity index (χ4v) is 5.00. The van der Waals surface area contributed by atoms with Gasteiger partial charge < -0.3 is 14.5 Å². The predicted molar refractivity (Wildman–Crippen MR) is 121 cm³/mol. The highest BCUT2D eigenvalue weighted by Gasteiger charge is 2.27. The molecule has 1 aliphatic rings. The Kier molecular flexibility index (Phi) is 4.42. The summed E-state index contributed by atoms with van der Waals surface area (Å²) in [5.41, 5.74) is 7.66. The largest absolute Gasteiger partial charge is 0.351 e. The first kappa shape index (κ1) is 18.9. The van der Waals surface area contributed by atoms with Gasteiger partial charge >= 0.3 is 0 Å². The third kappa shape index (κ3) is 3.09. The van der Waals surface area contributed by atoms with Crippen LogP contribution in [-0.4, -0.2) is 38.4 Å². The van der Waals surface area contributed by atoms with Gasteiger partial charge in [-0.1, -0.05) is 12.1 Å². The van der Waals surface area contributed by atoms with Crippen LogP contribution in [0.1, 0.15) is 51.9 Å². The summed E-state index contributed by atoms with van der Waals surface area (Å²) in [5, 5.41) is 1.13. The molecular weight excluding hydrogens is 372 g/mol. The van der Waals surface area contributed by atoms with Crippen molar-refractivity contribution in [2.75, 3.05) is 13.1 Å². The number of hydrogen-bond acceptors (Lipinski definition) is 2. The summed E-state index contributed by atoms with van der Waals surface area (Å²) < 4.78 is 2.37. The summed E-state index contributed by atoms with van der Waals surface area (Å²) in [6.45, 7) is 9.92. The van der Waals surface area contributed by atoms with E-state index in [1.165, 1.54) is 22.2 Å². The number of aromatic nitrogens is 3. The molecule has 5 nitrogen and oxygen atoms in total. The summed E-state index contributed by atoms with van der Waals surface area (Å²) in [6.07, 6.45) is 1.90. The van der Waals surface area contributed by atoms with Gasteiger partial charge in [0.05, 0.1) is 11.0 Å². The first-order chi connectivity index (χ1) is 14.4. The lowest BCUT2D eigenvalue weighted by Crippen LogP contribution is -2.39. The highest BCUT2D eigenvalue weighted by molar-refractivity contribution is 5.99. The molecule has 1 aliphatic heterocycles. The van der Waals surface area contributed by atoms with E-state index >= 15 is 0 Å². The third-order valence-corrected chi connectivity index (χ3v) is 6.46. The van der Waals surface area contributed by atoms with Gasteiger partial charge in [-0.3, -0.25) is 4.79 Å². The Morgan fingerprint density at radius 2 is 1.77 bits per heavy atom. The van der Waals surface area contributed by atoms with Gasteiger partial charge in [0.2, 0.25) is 0 Å². The number of nitrogens with zero attached hydrogens (tertiary/aromatic N) is 3. The summed E-state index contributed by atoms with van der Waals surface area (Å²) in [6, 6.07) is 13.1. The van der Waals surface area contributed by atoms with E-state index in [0.29, 0.717) is 11.7 Å². The van der Waals surface area contributed by atoms with Crippen LogP contribution in [0.5, 0.6) is 0 Å². The molecule has 5 heteroatoms. The Labute approximate surface area is 176 Å². The van der Waals surface area contributed by atoms with Crippen LogP contribution < -0.4 is 0 Å². The van der Waals surface area contributed by atoms with Gasteiger partial charge in [-0.2, -0.15) is 0 Å². The fraction of sp³-hybridized carbons (Fsp3) is 0.360. The van der Waals surface area contributed by atoms with Crippen molar-refractivity contribution in [1.82, 2.24) is 19.4 Å². The molecular formula is C25H28N4O. The molecule has 1 fully saturated rings. The number of piperidine rings is 1. The van der Waals surface area contributed by atoms with Gasteiger partial charge in [-0.15, -0.1) is 0 Å². The second-order valence-corrected chi connectivity index (χ2v) is 8.77. The molecule has 0 radical (unpaired) electrons. The summed E-state index contributed by atoms with van der Waals surface area (Å²) >= 11 is 0. The lowest BCUT2D eigenvalue weighted by molar-refractivity contribution is 0.0690. The van der Waals surface area contributed by atoms with Crippen LogP contribution in [0, 0.1) is 27.7 Å². The number of benzene rings is 2. The number of amides is 1. The maximum atomic E-state index is 13.2. The topological polar surface area (TPSA) is 53.9 Å². The van der Waals surface area contributed by atoms with Gasteiger partial charge in [0.25, 0.3) is 5.91 Å². The average Bonchev–Trinajstić information content (AvgIpc) is 3.28. The van der Waals surface area contributed by atoms with Crippen molar-refractivity contribution in [2.45, 2.75) is 46.6 Å². The molecule has 0 bridgehead atoms. The molecule has 4 aromatic rings. The maximum Gasteiger partial charge on any atom is 0.270 e. The Bertz CT molecular complexity index is 1270. The standard InChI is InChI=1S/C25H28N4O/c1-15-5-6-21-24(13-15)29(18(4)26-21)19-7-9-28(10-8-19)25(30)23-14-20-17(3)11-16(2)12-22(20)27-23/h5-6,11-14,19,27H,7-10H2,1-4H3. The molecule has 1 amide bonds. The van der Waals surface area contributed by atoms with Crippen molar-refractivity contribution in [1.29, 1.82) is 0 Å². The molecule has 1 saturated heterocycles. The van der Waals surface area contributed by atoms with E-state index in [4.69, 9.17) is 4.98 Å². The van der Waals surface area contributed by atoms with Gasteiger partial charge in [0, 0.05) is 30.0 Å². The van der Waals surface area contributed by atoms with Gasteiger partial charge in [0.15, 0.2) is 0 Å². The smallest absolute Gasteiger partial charge is 0.270 e. The van der Waals surface area contributed by atoms with Crippen molar-refractivity contribution < 1.29 is 4.79 Å². The molecule has 1 N–H and O–H groups in total. The molecule has 0 aliphatic carbocycles. The second kappa shape index (κ2) is 7.01. The number of carbonyl (C=O) groups excluding carboxylic acids is 1. The van der Waals surface area contributed by atoms with E-state index in [-0.39, 0.29) is 5.91 Å². The number of imidazole rings is 1. The van der Waals surface area contributed by atoms with Crippen LogP contribution in [0.2, 0.25) is 0 Å². The number of fused-ring (bicyclic) bond motifs is 2. The maximum absolute atomic E-state index is 13.2. The Morgan fingerprint density at radius 3 is 2.53 bits per heavy atom. The summed E-state index contributed by atoms with van der Waals surface area (Å²) in [7, 11) is 0. The molecule has 154 valence electrons. The summed E-state index contributed by atoms with van der Waals surface area (Å²) in [4.78, 5) is 23.2. The highest BCUT2D eigenvalue weighted by atomic mass is 16.2. The number of nitrogens with one attached hydrogen (secondary N) is 1. The predicted octanol–water partition coefficient (Wildman–Crippen LogP) is 5.23. The van der Waals surface area contributed by atoms with E-state index in [0.717, 1.165) is 48.2 Å². The normalized spacial score (nSPS) is 15.4. The van der Waals surface area contributed by atoms with Gasteiger partial charge in [-0.25, -0.2) is 4.98 Å². The fourth-order valence-electron chi connectivity index (χ4n) is 5.00. The molecule has 0 atom stereocenters. The zero-order chi connectivity index (χ0) is 21.0. The van der Waals surface area contributed by atoms with Crippen molar-refractivity contribution in [2.24, 2.45) is 0 Å². The Hall–Kier alpha value is -3.08. The third-order valence-electron chi connectivity index (χ3n) is 6.46. The van der Waals surface area contributed by atoms with Crippen LogP contribution in [0.3, 0.4) is 0 Å².